The minimum absolute atomic E-state index is 0.0755. The molecule has 7 nitrogen and oxygen atoms in total. The summed E-state index contributed by atoms with van der Waals surface area (Å²) < 4.78 is 33.1. The molecule has 0 bridgehead atoms. The molecule has 0 spiro atoms. The van der Waals surface area contributed by atoms with Crippen LogP contribution in [0.25, 0.3) is 28.0 Å². The Balaban J connectivity index is 1.69. The molecule has 2 aromatic carbocycles. The monoisotopic (exact) mass is 446 g/mol. The number of aryl methyl sites for hydroxylation is 1. The van der Waals surface area contributed by atoms with Crippen LogP contribution in [-0.2, 0) is 7.05 Å². The fourth-order valence-corrected chi connectivity index (χ4v) is 4.22. The maximum Gasteiger partial charge on any atom is 0.277 e. The Morgan fingerprint density at radius 2 is 1.88 bits per heavy atom. The molecule has 0 N–H and O–H groups in total. The molecule has 2 aromatic heterocycles. The summed E-state index contributed by atoms with van der Waals surface area (Å²) in [6.07, 6.45) is 4.59. The van der Waals surface area contributed by atoms with Gasteiger partial charge in [-0.3, -0.25) is 14.0 Å². The van der Waals surface area contributed by atoms with Crippen molar-refractivity contribution in [3.8, 4) is 23.1 Å². The quantitative estimate of drug-likeness (QED) is 0.472. The Morgan fingerprint density at radius 3 is 2.61 bits per heavy atom. The average Bonchev–Trinajstić information content (AvgIpc) is 3.37. The third-order valence-electron chi connectivity index (χ3n) is 5.88. The molecular weight excluding hydrogens is 426 g/mol. The molecule has 0 aliphatic carbocycles. The van der Waals surface area contributed by atoms with Crippen molar-refractivity contribution in [2.24, 2.45) is 7.05 Å². The molecule has 1 fully saturated rings. The summed E-state index contributed by atoms with van der Waals surface area (Å²) in [5, 5.41) is 14.3. The summed E-state index contributed by atoms with van der Waals surface area (Å²) in [6, 6.07) is 10.9. The molecule has 0 radical (unpaired) electrons. The van der Waals surface area contributed by atoms with Crippen LogP contribution in [0.15, 0.2) is 42.6 Å². The van der Waals surface area contributed by atoms with Crippen LogP contribution in [0.5, 0.6) is 0 Å². The second-order valence-electron chi connectivity index (χ2n) is 8.12. The van der Waals surface area contributed by atoms with Crippen molar-refractivity contribution in [3.63, 3.8) is 0 Å². The SMILES string of the molecule is Cn1cc2ccc(-n3c(-c4ccc(C#N)c(F)c4)nc(C(=O)N4CCCCC4)c3F)cc2n1. The van der Waals surface area contributed by atoms with Gasteiger partial charge in [-0.1, -0.05) is 0 Å². The lowest BCUT2D eigenvalue weighted by Gasteiger charge is -2.25. The lowest BCUT2D eigenvalue weighted by molar-refractivity contribution is 0.0713. The van der Waals surface area contributed by atoms with Gasteiger partial charge in [0.15, 0.2) is 5.69 Å². The number of amides is 1. The van der Waals surface area contributed by atoms with E-state index in [2.05, 4.69) is 10.1 Å². The van der Waals surface area contributed by atoms with Crippen LogP contribution < -0.4 is 0 Å². The molecule has 5 rings (SSSR count). The van der Waals surface area contributed by atoms with Crippen molar-refractivity contribution in [1.82, 2.24) is 24.2 Å². The van der Waals surface area contributed by atoms with Crippen molar-refractivity contribution < 1.29 is 13.6 Å². The van der Waals surface area contributed by atoms with Gasteiger partial charge in [0.2, 0.25) is 5.95 Å². The van der Waals surface area contributed by atoms with E-state index in [0.717, 1.165) is 30.7 Å². The number of aromatic nitrogens is 4. The highest BCUT2D eigenvalue weighted by Gasteiger charge is 2.29. The first kappa shape index (κ1) is 20.8. The molecule has 0 saturated carbocycles. The first-order chi connectivity index (χ1) is 16.0. The molecular formula is C24H20F2N6O. The second kappa shape index (κ2) is 8.13. The molecule has 166 valence electrons. The number of hydrogen-bond acceptors (Lipinski definition) is 4. The number of hydrogen-bond donors (Lipinski definition) is 0. The Kier molecular flexibility index (Phi) is 5.13. The van der Waals surface area contributed by atoms with E-state index in [1.165, 1.54) is 16.7 Å². The standard InChI is InChI=1S/C24H20F2N6O/c1-30-14-17-7-8-18(12-20(17)29-30)32-22(26)21(24(33)31-9-3-2-4-10-31)28-23(32)15-5-6-16(13-27)19(25)11-15/h5-8,11-12,14H,2-4,9-10H2,1H3. The van der Waals surface area contributed by atoms with Gasteiger partial charge in [-0.25, -0.2) is 9.37 Å². The van der Waals surface area contributed by atoms with Crippen LogP contribution in [-0.4, -0.2) is 43.2 Å². The second-order valence-corrected chi connectivity index (χ2v) is 8.12. The van der Waals surface area contributed by atoms with Crippen LogP contribution in [0.3, 0.4) is 0 Å². The topological polar surface area (TPSA) is 79.7 Å². The van der Waals surface area contributed by atoms with E-state index in [9.17, 15) is 9.18 Å². The lowest BCUT2D eigenvalue weighted by atomic mass is 10.1. The first-order valence-electron chi connectivity index (χ1n) is 10.7. The molecule has 33 heavy (non-hydrogen) atoms. The highest BCUT2D eigenvalue weighted by atomic mass is 19.1. The zero-order valence-corrected chi connectivity index (χ0v) is 17.9. The number of nitrogens with zero attached hydrogens (tertiary/aromatic N) is 6. The van der Waals surface area contributed by atoms with Crippen LogP contribution >= 0.6 is 0 Å². The van der Waals surface area contributed by atoms with E-state index >= 15 is 4.39 Å². The normalized spacial score (nSPS) is 13.9. The molecule has 0 atom stereocenters. The minimum Gasteiger partial charge on any atom is -0.337 e. The Labute approximate surface area is 188 Å². The molecule has 1 saturated heterocycles. The molecule has 9 heteroatoms. The van der Waals surface area contributed by atoms with Crippen LogP contribution in [0.1, 0.15) is 35.3 Å². The predicted octanol–water partition coefficient (Wildman–Crippen LogP) is 4.20. The zero-order valence-electron chi connectivity index (χ0n) is 17.9. The number of imidazole rings is 1. The lowest BCUT2D eigenvalue weighted by Crippen LogP contribution is -2.36. The van der Waals surface area contributed by atoms with Gasteiger partial charge in [-0.2, -0.15) is 14.8 Å². The number of fused-ring (bicyclic) bond motifs is 1. The van der Waals surface area contributed by atoms with Gasteiger partial charge < -0.3 is 4.90 Å². The summed E-state index contributed by atoms with van der Waals surface area (Å²) in [5.74, 6) is -1.97. The van der Waals surface area contributed by atoms with Crippen molar-refractivity contribution in [2.45, 2.75) is 19.3 Å². The summed E-state index contributed by atoms with van der Waals surface area (Å²) in [7, 11) is 1.79. The van der Waals surface area contributed by atoms with Crippen LogP contribution in [0.2, 0.25) is 0 Å². The van der Waals surface area contributed by atoms with E-state index < -0.39 is 17.7 Å². The fourth-order valence-electron chi connectivity index (χ4n) is 4.22. The Morgan fingerprint density at radius 1 is 1.09 bits per heavy atom. The predicted molar refractivity (Wildman–Crippen MR) is 118 cm³/mol. The largest absolute Gasteiger partial charge is 0.337 e. The van der Waals surface area contributed by atoms with Gasteiger partial charge >= 0.3 is 0 Å². The van der Waals surface area contributed by atoms with E-state index in [0.29, 0.717) is 24.3 Å². The van der Waals surface area contributed by atoms with Crippen LogP contribution in [0, 0.1) is 23.1 Å². The van der Waals surface area contributed by atoms with Crippen molar-refractivity contribution in [2.75, 3.05) is 13.1 Å². The summed E-state index contributed by atoms with van der Waals surface area (Å²) in [5.41, 5.74) is 0.867. The summed E-state index contributed by atoms with van der Waals surface area (Å²) in [4.78, 5) is 19.0. The summed E-state index contributed by atoms with van der Waals surface area (Å²) >= 11 is 0. The van der Waals surface area contributed by atoms with Gasteiger partial charge in [-0.05, 0) is 55.7 Å². The number of benzene rings is 2. The van der Waals surface area contributed by atoms with Gasteiger partial charge in [0.1, 0.15) is 17.7 Å². The number of halogens is 2. The van der Waals surface area contributed by atoms with Gasteiger partial charge in [0.05, 0.1) is 16.8 Å². The van der Waals surface area contributed by atoms with E-state index in [-0.39, 0.29) is 22.6 Å². The zero-order chi connectivity index (χ0) is 23.1. The van der Waals surface area contributed by atoms with Crippen molar-refractivity contribution in [1.29, 1.82) is 5.26 Å². The maximum absolute atomic E-state index is 15.8. The molecule has 3 heterocycles. The number of carbonyl (C=O) groups excluding carboxylic acids is 1. The number of nitriles is 1. The highest BCUT2D eigenvalue weighted by Crippen LogP contribution is 2.29. The smallest absolute Gasteiger partial charge is 0.277 e. The van der Waals surface area contributed by atoms with Crippen molar-refractivity contribution >= 4 is 16.8 Å². The number of piperidine rings is 1. The number of rotatable bonds is 3. The van der Waals surface area contributed by atoms with Gasteiger partial charge in [0.25, 0.3) is 5.91 Å². The van der Waals surface area contributed by atoms with E-state index in [1.807, 2.05) is 6.20 Å². The first-order valence-corrected chi connectivity index (χ1v) is 10.7. The van der Waals surface area contributed by atoms with Gasteiger partial charge in [0, 0.05) is 37.3 Å². The minimum atomic E-state index is -0.819. The fraction of sp³-hybridized carbons (Fsp3) is 0.250. The van der Waals surface area contributed by atoms with Crippen LogP contribution in [0.4, 0.5) is 8.78 Å². The average molecular weight is 446 g/mol. The maximum atomic E-state index is 15.8. The molecule has 1 aliphatic heterocycles. The third-order valence-corrected chi connectivity index (χ3v) is 5.88. The van der Waals surface area contributed by atoms with E-state index in [4.69, 9.17) is 5.26 Å². The van der Waals surface area contributed by atoms with E-state index in [1.54, 1.807) is 40.9 Å². The molecule has 1 aliphatic rings. The highest BCUT2D eigenvalue weighted by molar-refractivity contribution is 5.93. The Bertz CT molecular complexity index is 1420. The summed E-state index contributed by atoms with van der Waals surface area (Å²) in [6.45, 7) is 1.09. The van der Waals surface area contributed by atoms with Crippen molar-refractivity contribution in [3.05, 3.63) is 65.6 Å². The number of carbonyl (C=O) groups is 1. The number of likely N-dealkylation sites (tertiary alicyclic amines) is 1. The molecule has 1 amide bonds. The third kappa shape index (κ3) is 3.63. The Hall–Kier alpha value is -4.06. The molecule has 0 unspecified atom stereocenters. The van der Waals surface area contributed by atoms with Gasteiger partial charge in [-0.15, -0.1) is 0 Å². The molecule has 4 aromatic rings.